The third-order valence-electron chi connectivity index (χ3n) is 4.23. The number of hydrogen-bond donors (Lipinski definition) is 0. The monoisotopic (exact) mass is 326 g/mol. The van der Waals surface area contributed by atoms with Crippen molar-refractivity contribution in [2.24, 2.45) is 7.05 Å². The van der Waals surface area contributed by atoms with Gasteiger partial charge in [-0.15, -0.1) is 0 Å². The van der Waals surface area contributed by atoms with E-state index in [1.807, 2.05) is 18.9 Å². The largest absolute Gasteiger partial charge is 0.334 e. The summed E-state index contributed by atoms with van der Waals surface area (Å²) in [6.07, 6.45) is 2.48. The molecule has 6 heteroatoms. The summed E-state index contributed by atoms with van der Waals surface area (Å²) in [5.74, 6) is 0.0986. The number of halogens is 1. The first-order chi connectivity index (χ1) is 9.08. The maximum absolute atomic E-state index is 12.7. The SMILES string of the molecule is Cc1nn(C)c(C(=O)N2CCN3CCC[C@H]3C2)c1Br. The van der Waals surface area contributed by atoms with Crippen LogP contribution in [0.2, 0.25) is 0 Å². The van der Waals surface area contributed by atoms with Gasteiger partial charge in [0.05, 0.1) is 10.2 Å². The minimum absolute atomic E-state index is 0.0986. The second-order valence-corrected chi connectivity index (χ2v) is 6.25. The topological polar surface area (TPSA) is 41.4 Å². The molecule has 3 heterocycles. The molecule has 2 aliphatic heterocycles. The third kappa shape index (κ3) is 2.21. The first kappa shape index (κ1) is 13.1. The molecule has 0 N–H and O–H groups in total. The van der Waals surface area contributed by atoms with Gasteiger partial charge in [0.25, 0.3) is 5.91 Å². The fourth-order valence-electron chi connectivity index (χ4n) is 3.19. The lowest BCUT2D eigenvalue weighted by Gasteiger charge is -2.37. The van der Waals surface area contributed by atoms with Crippen molar-refractivity contribution < 1.29 is 4.79 Å². The second-order valence-electron chi connectivity index (χ2n) is 5.45. The predicted octanol–water partition coefficient (Wildman–Crippen LogP) is 1.41. The van der Waals surface area contributed by atoms with Crippen LogP contribution in [-0.2, 0) is 7.05 Å². The van der Waals surface area contributed by atoms with Crippen LogP contribution in [0.15, 0.2) is 4.47 Å². The van der Waals surface area contributed by atoms with Crippen LogP contribution in [0.3, 0.4) is 0 Å². The van der Waals surface area contributed by atoms with Crippen molar-refractivity contribution in [3.05, 3.63) is 15.9 Å². The molecule has 0 spiro atoms. The van der Waals surface area contributed by atoms with Crippen LogP contribution in [0.5, 0.6) is 0 Å². The van der Waals surface area contributed by atoms with E-state index in [-0.39, 0.29) is 5.91 Å². The van der Waals surface area contributed by atoms with Crippen molar-refractivity contribution in [1.29, 1.82) is 0 Å². The van der Waals surface area contributed by atoms with Gasteiger partial charge in [-0.05, 0) is 42.2 Å². The van der Waals surface area contributed by atoms with Crippen molar-refractivity contribution in [1.82, 2.24) is 19.6 Å². The lowest BCUT2D eigenvalue weighted by Crippen LogP contribution is -2.52. The van der Waals surface area contributed by atoms with E-state index < -0.39 is 0 Å². The lowest BCUT2D eigenvalue weighted by atomic mass is 10.1. The smallest absolute Gasteiger partial charge is 0.273 e. The summed E-state index contributed by atoms with van der Waals surface area (Å²) >= 11 is 3.48. The molecule has 2 aliphatic rings. The molecule has 3 rings (SSSR count). The molecule has 0 aliphatic carbocycles. The second kappa shape index (κ2) is 4.90. The van der Waals surface area contributed by atoms with Crippen molar-refractivity contribution in [3.8, 4) is 0 Å². The zero-order chi connectivity index (χ0) is 13.6. The first-order valence-corrected chi connectivity index (χ1v) is 7.59. The van der Waals surface area contributed by atoms with E-state index in [9.17, 15) is 4.79 Å². The van der Waals surface area contributed by atoms with Gasteiger partial charge in [0.15, 0.2) is 0 Å². The fraction of sp³-hybridized carbons (Fsp3) is 0.692. The van der Waals surface area contributed by atoms with E-state index in [1.165, 1.54) is 19.4 Å². The maximum atomic E-state index is 12.7. The highest BCUT2D eigenvalue weighted by Gasteiger charge is 2.34. The van der Waals surface area contributed by atoms with E-state index in [0.29, 0.717) is 11.7 Å². The van der Waals surface area contributed by atoms with Gasteiger partial charge in [-0.2, -0.15) is 5.10 Å². The Morgan fingerprint density at radius 3 is 2.84 bits per heavy atom. The molecule has 1 aromatic rings. The minimum atomic E-state index is 0.0986. The van der Waals surface area contributed by atoms with Gasteiger partial charge in [0, 0.05) is 32.7 Å². The summed E-state index contributed by atoms with van der Waals surface area (Å²) < 4.78 is 2.51. The summed E-state index contributed by atoms with van der Waals surface area (Å²) in [7, 11) is 1.83. The van der Waals surface area contributed by atoms with Crippen LogP contribution in [0.25, 0.3) is 0 Å². The summed E-state index contributed by atoms with van der Waals surface area (Å²) in [5, 5.41) is 4.30. The summed E-state index contributed by atoms with van der Waals surface area (Å²) in [5.41, 5.74) is 1.54. The van der Waals surface area contributed by atoms with Crippen molar-refractivity contribution in [2.45, 2.75) is 25.8 Å². The highest BCUT2D eigenvalue weighted by atomic mass is 79.9. The molecule has 0 unspecified atom stereocenters. The molecule has 2 fully saturated rings. The molecule has 1 atom stereocenters. The molecule has 19 heavy (non-hydrogen) atoms. The van der Waals surface area contributed by atoms with Crippen molar-refractivity contribution in [2.75, 3.05) is 26.2 Å². The third-order valence-corrected chi connectivity index (χ3v) is 5.18. The fourth-order valence-corrected chi connectivity index (χ4v) is 3.70. The maximum Gasteiger partial charge on any atom is 0.273 e. The number of fused-ring (bicyclic) bond motifs is 1. The Hall–Kier alpha value is -0.880. The van der Waals surface area contributed by atoms with E-state index in [1.54, 1.807) is 4.68 Å². The number of aryl methyl sites for hydroxylation is 2. The van der Waals surface area contributed by atoms with E-state index in [4.69, 9.17) is 0 Å². The van der Waals surface area contributed by atoms with Gasteiger partial charge in [0.1, 0.15) is 5.69 Å². The molecule has 5 nitrogen and oxygen atoms in total. The standard InChI is InChI=1S/C13H19BrN4O/c1-9-11(14)12(16(2)15-9)13(19)18-7-6-17-5-3-4-10(17)8-18/h10H,3-8H2,1-2H3/t10-/m0/s1. The predicted molar refractivity (Wildman–Crippen MR) is 76.1 cm³/mol. The molecule has 104 valence electrons. The first-order valence-electron chi connectivity index (χ1n) is 6.80. The molecule has 1 amide bonds. The Labute approximate surface area is 121 Å². The Morgan fingerprint density at radius 2 is 2.16 bits per heavy atom. The highest BCUT2D eigenvalue weighted by Crippen LogP contribution is 2.25. The quantitative estimate of drug-likeness (QED) is 0.783. The summed E-state index contributed by atoms with van der Waals surface area (Å²) in [6, 6.07) is 0.561. The van der Waals surface area contributed by atoms with Crippen LogP contribution >= 0.6 is 15.9 Å². The van der Waals surface area contributed by atoms with Crippen LogP contribution in [-0.4, -0.2) is 57.7 Å². The normalized spacial score (nSPS) is 23.7. The van der Waals surface area contributed by atoms with Crippen LogP contribution in [0.4, 0.5) is 0 Å². The van der Waals surface area contributed by atoms with Crippen LogP contribution in [0.1, 0.15) is 29.0 Å². The zero-order valence-electron chi connectivity index (χ0n) is 11.4. The molecule has 0 radical (unpaired) electrons. The average Bonchev–Trinajstić information content (AvgIpc) is 2.94. The van der Waals surface area contributed by atoms with E-state index >= 15 is 0 Å². The van der Waals surface area contributed by atoms with E-state index in [0.717, 1.165) is 29.8 Å². The van der Waals surface area contributed by atoms with Gasteiger partial charge in [-0.1, -0.05) is 0 Å². The average molecular weight is 327 g/mol. The Bertz CT molecular complexity index is 513. The number of rotatable bonds is 1. The zero-order valence-corrected chi connectivity index (χ0v) is 13.0. The molecule has 1 aromatic heterocycles. The summed E-state index contributed by atoms with van der Waals surface area (Å²) in [6.45, 7) is 5.79. The van der Waals surface area contributed by atoms with Crippen molar-refractivity contribution in [3.63, 3.8) is 0 Å². The van der Waals surface area contributed by atoms with E-state index in [2.05, 4.69) is 25.9 Å². The number of carbonyl (C=O) groups excluding carboxylic acids is 1. The van der Waals surface area contributed by atoms with Gasteiger partial charge in [-0.25, -0.2) is 0 Å². The molecule has 0 bridgehead atoms. The lowest BCUT2D eigenvalue weighted by molar-refractivity contribution is 0.0560. The number of piperazine rings is 1. The molecule has 0 saturated carbocycles. The van der Waals surface area contributed by atoms with Gasteiger partial charge in [0.2, 0.25) is 0 Å². The Kier molecular flexibility index (Phi) is 3.39. The van der Waals surface area contributed by atoms with Crippen molar-refractivity contribution >= 4 is 21.8 Å². The Balaban J connectivity index is 1.80. The van der Waals surface area contributed by atoms with Crippen LogP contribution < -0.4 is 0 Å². The van der Waals surface area contributed by atoms with Gasteiger partial charge in [-0.3, -0.25) is 14.4 Å². The minimum Gasteiger partial charge on any atom is -0.334 e. The Morgan fingerprint density at radius 1 is 1.37 bits per heavy atom. The molecule has 2 saturated heterocycles. The summed E-state index contributed by atoms with van der Waals surface area (Å²) in [4.78, 5) is 17.1. The highest BCUT2D eigenvalue weighted by molar-refractivity contribution is 9.10. The molecular weight excluding hydrogens is 308 g/mol. The number of amides is 1. The number of hydrogen-bond acceptors (Lipinski definition) is 3. The van der Waals surface area contributed by atoms with Crippen LogP contribution in [0, 0.1) is 6.92 Å². The molecular formula is C13H19BrN4O. The number of aromatic nitrogens is 2. The number of nitrogens with zero attached hydrogens (tertiary/aromatic N) is 4. The molecule has 0 aromatic carbocycles. The van der Waals surface area contributed by atoms with Gasteiger partial charge >= 0.3 is 0 Å². The van der Waals surface area contributed by atoms with Gasteiger partial charge < -0.3 is 4.90 Å². The number of carbonyl (C=O) groups is 1.